The van der Waals surface area contributed by atoms with Crippen LogP contribution in [0, 0.1) is 5.82 Å². The third-order valence-corrected chi connectivity index (χ3v) is 4.42. The Labute approximate surface area is 128 Å². The molecule has 0 atom stereocenters. The average molecular weight is 329 g/mol. The summed E-state index contributed by atoms with van der Waals surface area (Å²) in [6.07, 6.45) is 3.84. The van der Waals surface area contributed by atoms with Gasteiger partial charge in [-0.1, -0.05) is 17.7 Å². The monoisotopic (exact) mass is 328 g/mol. The highest BCUT2D eigenvalue weighted by Gasteiger charge is 2.14. The van der Waals surface area contributed by atoms with E-state index in [1.807, 2.05) is 12.1 Å². The molecular weight excluding hydrogens is 315 g/mol. The third-order valence-electron chi connectivity index (χ3n) is 2.85. The van der Waals surface area contributed by atoms with Crippen LogP contribution in [0.4, 0.5) is 4.39 Å². The number of rotatable bonds is 6. The molecule has 0 fully saturated rings. The van der Waals surface area contributed by atoms with E-state index >= 15 is 0 Å². The van der Waals surface area contributed by atoms with E-state index in [4.69, 9.17) is 11.6 Å². The van der Waals surface area contributed by atoms with Gasteiger partial charge in [-0.3, -0.25) is 4.98 Å². The molecule has 0 amide bonds. The van der Waals surface area contributed by atoms with Crippen LogP contribution in [-0.2, 0) is 22.2 Å². The predicted molar refractivity (Wildman–Crippen MR) is 80.0 cm³/mol. The van der Waals surface area contributed by atoms with E-state index < -0.39 is 21.6 Å². The lowest BCUT2D eigenvalue weighted by Crippen LogP contribution is -2.27. The molecule has 4 nitrogen and oxygen atoms in total. The summed E-state index contributed by atoms with van der Waals surface area (Å²) in [5.41, 5.74) is 1.07. The molecule has 0 saturated carbocycles. The number of benzene rings is 1. The zero-order valence-electron chi connectivity index (χ0n) is 11.1. The van der Waals surface area contributed by atoms with Gasteiger partial charge in [0.25, 0.3) is 0 Å². The lowest BCUT2D eigenvalue weighted by atomic mass is 10.2. The highest BCUT2D eigenvalue weighted by molar-refractivity contribution is 7.88. The quantitative estimate of drug-likeness (QED) is 0.886. The minimum absolute atomic E-state index is 0.0933. The molecule has 0 saturated heterocycles. The Morgan fingerprint density at radius 3 is 2.57 bits per heavy atom. The highest BCUT2D eigenvalue weighted by atomic mass is 35.5. The maximum absolute atomic E-state index is 13.6. The van der Waals surface area contributed by atoms with Crippen LogP contribution in [0.15, 0.2) is 42.7 Å². The summed E-state index contributed by atoms with van der Waals surface area (Å²) >= 11 is 5.63. The van der Waals surface area contributed by atoms with Crippen molar-refractivity contribution in [1.82, 2.24) is 9.71 Å². The van der Waals surface area contributed by atoms with Crippen molar-refractivity contribution >= 4 is 21.6 Å². The van der Waals surface area contributed by atoms with Gasteiger partial charge in [0.15, 0.2) is 0 Å². The highest BCUT2D eigenvalue weighted by Crippen LogP contribution is 2.16. The molecule has 21 heavy (non-hydrogen) atoms. The Hall–Kier alpha value is -1.50. The van der Waals surface area contributed by atoms with E-state index in [0.717, 1.165) is 11.6 Å². The zero-order chi connectivity index (χ0) is 15.3. The third kappa shape index (κ3) is 5.08. The summed E-state index contributed by atoms with van der Waals surface area (Å²) in [5, 5.41) is 0.235. The zero-order valence-corrected chi connectivity index (χ0v) is 12.7. The van der Waals surface area contributed by atoms with Crippen molar-refractivity contribution < 1.29 is 12.8 Å². The second-order valence-corrected chi connectivity index (χ2v) is 6.74. The molecule has 0 unspecified atom stereocenters. The van der Waals surface area contributed by atoms with Crippen LogP contribution in [0.5, 0.6) is 0 Å². The number of sulfonamides is 1. The Morgan fingerprint density at radius 1 is 1.19 bits per heavy atom. The van der Waals surface area contributed by atoms with E-state index in [0.29, 0.717) is 6.42 Å². The van der Waals surface area contributed by atoms with Gasteiger partial charge >= 0.3 is 0 Å². The minimum Gasteiger partial charge on any atom is -0.265 e. The van der Waals surface area contributed by atoms with Gasteiger partial charge in [0.2, 0.25) is 10.0 Å². The molecule has 2 aromatic rings. The van der Waals surface area contributed by atoms with Gasteiger partial charge in [-0.15, -0.1) is 0 Å². The lowest BCUT2D eigenvalue weighted by Gasteiger charge is -2.08. The SMILES string of the molecule is O=S(=O)(Cc1ccc(Cl)cc1F)NCCc1ccncc1. The molecule has 1 aromatic carbocycles. The second-order valence-electron chi connectivity index (χ2n) is 4.49. The van der Waals surface area contributed by atoms with Gasteiger partial charge in [-0.05, 0) is 36.2 Å². The van der Waals surface area contributed by atoms with Crippen molar-refractivity contribution in [3.63, 3.8) is 0 Å². The first-order chi connectivity index (χ1) is 9.96. The van der Waals surface area contributed by atoms with Crippen molar-refractivity contribution in [2.24, 2.45) is 0 Å². The molecule has 0 aliphatic carbocycles. The van der Waals surface area contributed by atoms with Crippen LogP contribution in [0.1, 0.15) is 11.1 Å². The Kier molecular flexibility index (Phi) is 5.27. The minimum atomic E-state index is -3.59. The first-order valence-corrected chi connectivity index (χ1v) is 8.29. The van der Waals surface area contributed by atoms with E-state index in [-0.39, 0.29) is 17.1 Å². The van der Waals surface area contributed by atoms with Crippen molar-refractivity contribution in [2.75, 3.05) is 6.54 Å². The smallest absolute Gasteiger partial charge is 0.215 e. The standard InChI is InChI=1S/C14H14ClFN2O2S/c15-13-2-1-12(14(16)9-13)10-21(19,20)18-8-5-11-3-6-17-7-4-11/h1-4,6-7,9,18H,5,8,10H2. The number of hydrogen-bond donors (Lipinski definition) is 1. The van der Waals surface area contributed by atoms with Crippen LogP contribution < -0.4 is 4.72 Å². The molecule has 1 heterocycles. The maximum atomic E-state index is 13.6. The predicted octanol–water partition coefficient (Wildman–Crippen LogP) is 2.54. The Morgan fingerprint density at radius 2 is 1.90 bits per heavy atom. The van der Waals surface area contributed by atoms with Crippen molar-refractivity contribution in [2.45, 2.75) is 12.2 Å². The molecule has 0 aliphatic rings. The average Bonchev–Trinajstić information content (AvgIpc) is 2.43. The number of nitrogens with one attached hydrogen (secondary N) is 1. The van der Waals surface area contributed by atoms with Crippen LogP contribution >= 0.6 is 11.6 Å². The number of halogens is 2. The fourth-order valence-electron chi connectivity index (χ4n) is 1.79. The largest absolute Gasteiger partial charge is 0.265 e. The van der Waals surface area contributed by atoms with Gasteiger partial charge in [-0.25, -0.2) is 17.5 Å². The van der Waals surface area contributed by atoms with E-state index in [2.05, 4.69) is 9.71 Å². The summed E-state index contributed by atoms with van der Waals surface area (Å²) in [6.45, 7) is 0.252. The van der Waals surface area contributed by atoms with Gasteiger partial charge in [-0.2, -0.15) is 0 Å². The van der Waals surface area contributed by atoms with Crippen LogP contribution in [-0.4, -0.2) is 19.9 Å². The molecule has 2 rings (SSSR count). The maximum Gasteiger partial charge on any atom is 0.215 e. The Bertz CT molecular complexity index is 708. The molecule has 0 bridgehead atoms. The summed E-state index contributed by atoms with van der Waals surface area (Å²) in [4.78, 5) is 3.88. The molecule has 0 radical (unpaired) electrons. The van der Waals surface area contributed by atoms with Crippen molar-refractivity contribution in [3.8, 4) is 0 Å². The number of nitrogens with zero attached hydrogens (tertiary/aromatic N) is 1. The topological polar surface area (TPSA) is 59.1 Å². The summed E-state index contributed by atoms with van der Waals surface area (Å²) < 4.78 is 39.8. The van der Waals surface area contributed by atoms with Gasteiger partial charge in [0, 0.05) is 29.5 Å². The molecule has 0 aliphatic heterocycles. The van der Waals surface area contributed by atoms with E-state index in [1.165, 1.54) is 12.1 Å². The fraction of sp³-hybridized carbons (Fsp3) is 0.214. The van der Waals surface area contributed by atoms with E-state index in [9.17, 15) is 12.8 Å². The fourth-order valence-corrected chi connectivity index (χ4v) is 3.11. The number of hydrogen-bond acceptors (Lipinski definition) is 3. The van der Waals surface area contributed by atoms with Crippen LogP contribution in [0.3, 0.4) is 0 Å². The molecule has 1 aromatic heterocycles. The molecular formula is C14H14ClFN2O2S. The Balaban J connectivity index is 1.93. The first kappa shape index (κ1) is 15.9. The molecule has 1 N–H and O–H groups in total. The van der Waals surface area contributed by atoms with Gasteiger partial charge < -0.3 is 0 Å². The van der Waals surface area contributed by atoms with E-state index in [1.54, 1.807) is 12.4 Å². The van der Waals surface area contributed by atoms with Crippen molar-refractivity contribution in [1.29, 1.82) is 0 Å². The lowest BCUT2D eigenvalue weighted by molar-refractivity contribution is 0.574. The van der Waals surface area contributed by atoms with Gasteiger partial charge in [0.05, 0.1) is 5.75 Å². The summed E-state index contributed by atoms with van der Waals surface area (Å²) in [6, 6.07) is 7.57. The van der Waals surface area contributed by atoms with Crippen LogP contribution in [0.25, 0.3) is 0 Å². The molecule has 112 valence electrons. The normalized spacial score (nSPS) is 11.5. The summed E-state index contributed by atoms with van der Waals surface area (Å²) in [5.74, 6) is -1.03. The summed E-state index contributed by atoms with van der Waals surface area (Å²) in [7, 11) is -3.59. The molecule has 7 heteroatoms. The second kappa shape index (κ2) is 6.98. The number of aromatic nitrogens is 1. The molecule has 0 spiro atoms. The van der Waals surface area contributed by atoms with Gasteiger partial charge in [0.1, 0.15) is 5.82 Å². The van der Waals surface area contributed by atoms with Crippen LogP contribution in [0.2, 0.25) is 5.02 Å². The van der Waals surface area contributed by atoms with Crippen molar-refractivity contribution in [3.05, 3.63) is 64.7 Å². The number of pyridine rings is 1. The first-order valence-electron chi connectivity index (χ1n) is 6.26.